The zero-order valence-electron chi connectivity index (χ0n) is 10.9. The van der Waals surface area contributed by atoms with Crippen LogP contribution in [0.15, 0.2) is 0 Å². The van der Waals surface area contributed by atoms with Gasteiger partial charge in [0, 0.05) is 19.1 Å². The molecule has 0 aromatic carbocycles. The minimum Gasteiger partial charge on any atom is -0.316 e. The summed E-state index contributed by atoms with van der Waals surface area (Å²) in [7, 11) is 2.30. The average molecular weight is 225 g/mol. The van der Waals surface area contributed by atoms with Crippen LogP contribution in [0.2, 0.25) is 0 Å². The molecule has 3 heteroatoms. The van der Waals surface area contributed by atoms with Crippen molar-refractivity contribution >= 4 is 0 Å². The second-order valence-corrected chi connectivity index (χ2v) is 5.50. The fourth-order valence-corrected chi connectivity index (χ4v) is 3.26. The average Bonchev–Trinajstić information content (AvgIpc) is 2.88. The van der Waals surface area contributed by atoms with E-state index in [0.717, 1.165) is 12.0 Å². The van der Waals surface area contributed by atoms with Crippen molar-refractivity contribution in [1.29, 1.82) is 0 Å². The van der Waals surface area contributed by atoms with Gasteiger partial charge in [-0.25, -0.2) is 0 Å². The van der Waals surface area contributed by atoms with Crippen LogP contribution in [0, 0.1) is 5.92 Å². The summed E-state index contributed by atoms with van der Waals surface area (Å²) in [4.78, 5) is 5.19. The van der Waals surface area contributed by atoms with Gasteiger partial charge in [-0.15, -0.1) is 0 Å². The normalized spacial score (nSPS) is 31.7. The van der Waals surface area contributed by atoms with Gasteiger partial charge >= 0.3 is 0 Å². The van der Waals surface area contributed by atoms with Gasteiger partial charge in [-0.1, -0.05) is 6.92 Å². The molecule has 1 N–H and O–H groups in total. The maximum atomic E-state index is 3.45. The number of likely N-dealkylation sites (tertiary alicyclic amines) is 1. The molecular weight excluding hydrogens is 198 g/mol. The highest BCUT2D eigenvalue weighted by molar-refractivity contribution is 4.82. The van der Waals surface area contributed by atoms with E-state index < -0.39 is 0 Å². The van der Waals surface area contributed by atoms with Gasteiger partial charge in [0.1, 0.15) is 0 Å². The Morgan fingerprint density at radius 1 is 1.31 bits per heavy atom. The Hall–Kier alpha value is -0.120. The van der Waals surface area contributed by atoms with Crippen molar-refractivity contribution in [3.8, 4) is 0 Å². The van der Waals surface area contributed by atoms with Crippen molar-refractivity contribution in [2.75, 3.05) is 46.3 Å². The Labute approximate surface area is 100 Å². The van der Waals surface area contributed by atoms with Crippen LogP contribution < -0.4 is 5.32 Å². The molecule has 0 bridgehead atoms. The van der Waals surface area contributed by atoms with Gasteiger partial charge in [0.2, 0.25) is 0 Å². The van der Waals surface area contributed by atoms with Crippen LogP contribution in [0.1, 0.15) is 26.2 Å². The van der Waals surface area contributed by atoms with Crippen molar-refractivity contribution < 1.29 is 0 Å². The first-order chi connectivity index (χ1) is 7.79. The Morgan fingerprint density at radius 2 is 2.19 bits per heavy atom. The lowest BCUT2D eigenvalue weighted by atomic mass is 10.1. The van der Waals surface area contributed by atoms with Crippen LogP contribution in [0.5, 0.6) is 0 Å². The summed E-state index contributed by atoms with van der Waals surface area (Å²) in [5, 5.41) is 3.45. The molecule has 0 amide bonds. The Morgan fingerprint density at radius 3 is 2.88 bits per heavy atom. The molecule has 2 fully saturated rings. The van der Waals surface area contributed by atoms with E-state index in [1.807, 2.05) is 0 Å². The smallest absolute Gasteiger partial charge is 0.0223 e. The Bertz CT molecular complexity index is 201. The van der Waals surface area contributed by atoms with Gasteiger partial charge < -0.3 is 10.2 Å². The van der Waals surface area contributed by atoms with Crippen LogP contribution in [0.4, 0.5) is 0 Å². The molecule has 2 saturated heterocycles. The molecule has 0 aromatic rings. The fourth-order valence-electron chi connectivity index (χ4n) is 3.26. The maximum absolute atomic E-state index is 3.45. The van der Waals surface area contributed by atoms with E-state index in [1.54, 1.807) is 0 Å². The predicted octanol–water partition coefficient (Wildman–Crippen LogP) is 1.01. The van der Waals surface area contributed by atoms with E-state index in [0.29, 0.717) is 0 Å². The first kappa shape index (κ1) is 12.3. The monoisotopic (exact) mass is 225 g/mol. The summed E-state index contributed by atoms with van der Waals surface area (Å²) in [5.74, 6) is 0.890. The van der Waals surface area contributed by atoms with Crippen molar-refractivity contribution in [1.82, 2.24) is 15.1 Å². The molecule has 2 rings (SSSR count). The van der Waals surface area contributed by atoms with Crippen molar-refractivity contribution in [2.24, 2.45) is 5.92 Å². The number of rotatable bonds is 5. The molecule has 3 nitrogen and oxygen atoms in total. The van der Waals surface area contributed by atoms with Crippen molar-refractivity contribution in [3.63, 3.8) is 0 Å². The summed E-state index contributed by atoms with van der Waals surface area (Å²) in [6, 6.07) is 0.823. The molecule has 0 saturated carbocycles. The molecule has 16 heavy (non-hydrogen) atoms. The van der Waals surface area contributed by atoms with E-state index in [9.17, 15) is 0 Å². The second kappa shape index (κ2) is 5.99. The first-order valence-electron chi connectivity index (χ1n) is 6.93. The number of likely N-dealkylation sites (N-methyl/N-ethyl adjacent to an activating group) is 2. The zero-order valence-corrected chi connectivity index (χ0v) is 10.9. The summed E-state index contributed by atoms with van der Waals surface area (Å²) >= 11 is 0. The third kappa shape index (κ3) is 3.19. The van der Waals surface area contributed by atoms with Crippen LogP contribution in [-0.4, -0.2) is 62.2 Å². The molecule has 0 spiro atoms. The van der Waals surface area contributed by atoms with Crippen molar-refractivity contribution in [3.05, 3.63) is 0 Å². The highest BCUT2D eigenvalue weighted by atomic mass is 15.2. The number of hydrogen-bond acceptors (Lipinski definition) is 3. The number of hydrogen-bond donors (Lipinski definition) is 1. The molecule has 2 aliphatic rings. The second-order valence-electron chi connectivity index (χ2n) is 5.50. The van der Waals surface area contributed by atoms with Crippen LogP contribution in [0.3, 0.4) is 0 Å². The third-order valence-electron chi connectivity index (χ3n) is 4.16. The maximum Gasteiger partial charge on any atom is 0.0223 e. The summed E-state index contributed by atoms with van der Waals surface area (Å²) < 4.78 is 0. The Kier molecular flexibility index (Phi) is 4.62. The molecule has 0 aliphatic carbocycles. The number of nitrogens with one attached hydrogen (secondary N) is 1. The summed E-state index contributed by atoms with van der Waals surface area (Å²) in [5.41, 5.74) is 0. The first-order valence-corrected chi connectivity index (χ1v) is 6.93. The molecular formula is C13H27N3. The SMILES string of the molecule is CCN1CCCC1CN(C)CC1CCNC1. The fraction of sp³-hybridized carbons (Fsp3) is 1.00. The van der Waals surface area contributed by atoms with Gasteiger partial charge in [-0.2, -0.15) is 0 Å². The van der Waals surface area contributed by atoms with E-state index in [1.165, 1.54) is 58.5 Å². The van der Waals surface area contributed by atoms with Gasteiger partial charge in [-0.3, -0.25) is 4.90 Å². The number of nitrogens with zero attached hydrogens (tertiary/aromatic N) is 2. The standard InChI is InChI=1S/C13H27N3/c1-3-16-8-4-5-13(16)11-15(2)10-12-6-7-14-9-12/h12-14H,3-11H2,1-2H3. The lowest BCUT2D eigenvalue weighted by molar-refractivity contribution is 0.185. The minimum absolute atomic E-state index is 0.823. The highest BCUT2D eigenvalue weighted by Crippen LogP contribution is 2.18. The van der Waals surface area contributed by atoms with Crippen LogP contribution >= 0.6 is 0 Å². The van der Waals surface area contributed by atoms with Crippen LogP contribution in [-0.2, 0) is 0 Å². The lowest BCUT2D eigenvalue weighted by Crippen LogP contribution is -2.40. The molecule has 2 heterocycles. The molecule has 94 valence electrons. The highest BCUT2D eigenvalue weighted by Gasteiger charge is 2.25. The lowest BCUT2D eigenvalue weighted by Gasteiger charge is -2.29. The molecule has 2 aliphatic heterocycles. The van der Waals surface area contributed by atoms with E-state index in [-0.39, 0.29) is 0 Å². The topological polar surface area (TPSA) is 18.5 Å². The zero-order chi connectivity index (χ0) is 11.4. The van der Waals surface area contributed by atoms with E-state index >= 15 is 0 Å². The molecule has 2 unspecified atom stereocenters. The molecule has 0 radical (unpaired) electrons. The van der Waals surface area contributed by atoms with E-state index in [2.05, 4.69) is 29.1 Å². The van der Waals surface area contributed by atoms with E-state index in [4.69, 9.17) is 0 Å². The predicted molar refractivity (Wildman–Crippen MR) is 68.7 cm³/mol. The van der Waals surface area contributed by atoms with Crippen molar-refractivity contribution in [2.45, 2.75) is 32.2 Å². The third-order valence-corrected chi connectivity index (χ3v) is 4.16. The summed E-state index contributed by atoms with van der Waals surface area (Å²) in [6.45, 7) is 9.84. The van der Waals surface area contributed by atoms with Crippen LogP contribution in [0.25, 0.3) is 0 Å². The summed E-state index contributed by atoms with van der Waals surface area (Å²) in [6.07, 6.45) is 4.17. The quantitative estimate of drug-likeness (QED) is 0.753. The minimum atomic E-state index is 0.823. The molecule has 0 aromatic heterocycles. The van der Waals surface area contributed by atoms with Gasteiger partial charge in [0.25, 0.3) is 0 Å². The van der Waals surface area contributed by atoms with Gasteiger partial charge in [0.15, 0.2) is 0 Å². The Balaban J connectivity index is 1.71. The molecule has 2 atom stereocenters. The largest absolute Gasteiger partial charge is 0.316 e. The van der Waals surface area contributed by atoms with Gasteiger partial charge in [-0.05, 0) is 58.4 Å². The van der Waals surface area contributed by atoms with Gasteiger partial charge in [0.05, 0.1) is 0 Å².